The van der Waals surface area contributed by atoms with Gasteiger partial charge in [0.25, 0.3) is 0 Å². The molecule has 0 heterocycles. The van der Waals surface area contributed by atoms with Crippen LogP contribution in [0.5, 0.6) is 0 Å². The lowest BCUT2D eigenvalue weighted by Gasteiger charge is -2.27. The fourth-order valence-electron chi connectivity index (χ4n) is 5.35. The number of phosphoric ester groups is 1. The minimum absolute atomic E-state index is 0.166. The summed E-state index contributed by atoms with van der Waals surface area (Å²) in [4.78, 5) is 28.3. The highest BCUT2D eigenvalue weighted by atomic mass is 31.2. The fourth-order valence-corrected chi connectivity index (χ4v) is 6.04. The number of carbonyl (C=O) groups is 2. The Morgan fingerprint density at radius 3 is 1.54 bits per heavy atom. The molecule has 0 rings (SSSR count). The number of allylic oxidation sites excluding steroid dienone is 2. The third-order valence-electron chi connectivity index (χ3n) is 8.29. The summed E-state index contributed by atoms with van der Waals surface area (Å²) in [6, 6.07) is 0. The molecule has 280 valence electrons. The monoisotopic (exact) mass is 701 g/mol. The fraction of sp³-hybridized carbons (Fsp3) is 0.889. The molecule has 0 fully saturated rings. The van der Waals surface area contributed by atoms with Gasteiger partial charge in [-0.3, -0.25) is 23.2 Å². The summed E-state index contributed by atoms with van der Waals surface area (Å²) < 4.78 is 38.8. The smallest absolute Gasteiger partial charge is 0.458 e. The van der Waals surface area contributed by atoms with E-state index < -0.39 is 38.6 Å². The molecule has 0 aliphatic rings. The standard InChI is InChI=1S/C36H68N3O8P/c1-5-7-9-11-13-15-16-17-18-19-20-22-24-25-27-29-35(40)46-33(31-38-39-37)34(32-45-48(42,43-3)44-4)47-36(41)30-28-26-23-21-14-12-10-8-6-2/h8,10,33-34H,5-7,9,11-32H2,1-4H3/b10-8-/t33-,34-/m0/s1. The molecule has 12 heteroatoms. The zero-order valence-electron chi connectivity index (χ0n) is 30.7. The van der Waals surface area contributed by atoms with Gasteiger partial charge in [-0.05, 0) is 37.6 Å². The molecule has 11 nitrogen and oxygen atoms in total. The highest BCUT2D eigenvalue weighted by Gasteiger charge is 2.33. The van der Waals surface area contributed by atoms with Gasteiger partial charge in [0.05, 0.1) is 13.2 Å². The number of phosphoric acid groups is 1. The molecule has 48 heavy (non-hydrogen) atoms. The number of unbranched alkanes of at least 4 members (excludes halogenated alkanes) is 19. The van der Waals surface area contributed by atoms with E-state index in [9.17, 15) is 14.2 Å². The van der Waals surface area contributed by atoms with Crippen LogP contribution in [0.3, 0.4) is 0 Å². The average molecular weight is 702 g/mol. The Kier molecular flexibility index (Phi) is 32.3. The number of esters is 2. The lowest BCUT2D eigenvalue weighted by Crippen LogP contribution is -2.40. The molecule has 0 saturated carbocycles. The first-order valence-electron chi connectivity index (χ1n) is 18.8. The van der Waals surface area contributed by atoms with Crippen molar-refractivity contribution in [3.8, 4) is 0 Å². The van der Waals surface area contributed by atoms with Crippen molar-refractivity contribution in [2.24, 2.45) is 5.11 Å². The predicted octanol–water partition coefficient (Wildman–Crippen LogP) is 11.5. The van der Waals surface area contributed by atoms with Crippen molar-refractivity contribution < 1.29 is 37.2 Å². The van der Waals surface area contributed by atoms with Crippen LogP contribution in [-0.4, -0.2) is 51.5 Å². The van der Waals surface area contributed by atoms with E-state index in [1.807, 2.05) is 0 Å². The largest absolute Gasteiger partial charge is 0.474 e. The van der Waals surface area contributed by atoms with Gasteiger partial charge < -0.3 is 9.47 Å². The van der Waals surface area contributed by atoms with Crippen LogP contribution < -0.4 is 0 Å². The van der Waals surface area contributed by atoms with Gasteiger partial charge in [-0.25, -0.2) is 4.57 Å². The first-order chi connectivity index (χ1) is 23.4. The van der Waals surface area contributed by atoms with E-state index in [2.05, 4.69) is 36.0 Å². The van der Waals surface area contributed by atoms with Crippen molar-refractivity contribution in [2.75, 3.05) is 27.4 Å². The average Bonchev–Trinajstić information content (AvgIpc) is 3.09. The highest BCUT2D eigenvalue weighted by molar-refractivity contribution is 7.48. The molecule has 0 aromatic carbocycles. The van der Waals surface area contributed by atoms with Crippen molar-refractivity contribution in [1.29, 1.82) is 0 Å². The molecule has 0 N–H and O–H groups in total. The van der Waals surface area contributed by atoms with E-state index in [0.29, 0.717) is 12.8 Å². The number of ether oxygens (including phenoxy) is 2. The molecule has 0 bridgehead atoms. The molecule has 2 atom stereocenters. The predicted molar refractivity (Wildman–Crippen MR) is 193 cm³/mol. The minimum atomic E-state index is -3.91. The first kappa shape index (κ1) is 46.1. The number of hydrogen-bond donors (Lipinski definition) is 0. The third-order valence-corrected chi connectivity index (χ3v) is 9.65. The Labute approximate surface area is 291 Å². The van der Waals surface area contributed by atoms with Gasteiger partial charge in [0, 0.05) is 32.0 Å². The first-order valence-corrected chi connectivity index (χ1v) is 20.2. The maximum Gasteiger partial charge on any atom is 0.474 e. The highest BCUT2D eigenvalue weighted by Crippen LogP contribution is 2.47. The van der Waals surface area contributed by atoms with E-state index in [1.54, 1.807) is 0 Å². The number of carbonyl (C=O) groups excluding carboxylic acids is 2. The van der Waals surface area contributed by atoms with Crippen LogP contribution in [0, 0.1) is 0 Å². The summed E-state index contributed by atoms with van der Waals surface area (Å²) in [5, 5.41) is 3.56. The van der Waals surface area contributed by atoms with Crippen molar-refractivity contribution >= 4 is 19.8 Å². The van der Waals surface area contributed by atoms with Crippen molar-refractivity contribution in [1.82, 2.24) is 0 Å². The van der Waals surface area contributed by atoms with Gasteiger partial charge in [-0.15, -0.1) is 0 Å². The van der Waals surface area contributed by atoms with E-state index >= 15 is 0 Å². The van der Waals surface area contributed by atoms with Gasteiger partial charge in [-0.2, -0.15) is 0 Å². The summed E-state index contributed by atoms with van der Waals surface area (Å²) in [5.74, 6) is -0.997. The molecule has 0 amide bonds. The topological polar surface area (TPSA) is 146 Å². The lowest BCUT2D eigenvalue weighted by molar-refractivity contribution is -0.170. The van der Waals surface area contributed by atoms with Gasteiger partial charge in [-0.1, -0.05) is 140 Å². The quantitative estimate of drug-likeness (QED) is 0.0121. The van der Waals surface area contributed by atoms with E-state index in [-0.39, 0.29) is 19.4 Å². The summed E-state index contributed by atoms with van der Waals surface area (Å²) in [7, 11) is -1.58. The van der Waals surface area contributed by atoms with Gasteiger partial charge in [0.1, 0.15) is 6.10 Å². The van der Waals surface area contributed by atoms with Crippen LogP contribution in [0.25, 0.3) is 10.4 Å². The van der Waals surface area contributed by atoms with Crippen LogP contribution in [0.15, 0.2) is 17.3 Å². The minimum Gasteiger partial charge on any atom is -0.458 e. The summed E-state index contributed by atoms with van der Waals surface area (Å²) in [6.45, 7) is 3.65. The van der Waals surface area contributed by atoms with Crippen LogP contribution >= 0.6 is 7.82 Å². The van der Waals surface area contributed by atoms with Crippen LogP contribution in [-0.2, 0) is 37.2 Å². The summed E-state index contributed by atoms with van der Waals surface area (Å²) >= 11 is 0. The molecular weight excluding hydrogens is 633 g/mol. The summed E-state index contributed by atoms with van der Waals surface area (Å²) in [6.07, 6.45) is 27.7. The van der Waals surface area contributed by atoms with Crippen LogP contribution in [0.2, 0.25) is 0 Å². The molecular formula is C36H68N3O8P. The van der Waals surface area contributed by atoms with Crippen molar-refractivity contribution in [3.63, 3.8) is 0 Å². The second kappa shape index (κ2) is 33.6. The molecule has 0 aromatic heterocycles. The van der Waals surface area contributed by atoms with Crippen LogP contribution in [0.1, 0.15) is 168 Å². The lowest BCUT2D eigenvalue weighted by atomic mass is 10.0. The maximum atomic E-state index is 12.8. The van der Waals surface area contributed by atoms with Crippen LogP contribution in [0.4, 0.5) is 0 Å². The Balaban J connectivity index is 4.67. The van der Waals surface area contributed by atoms with Gasteiger partial charge >= 0.3 is 19.8 Å². The zero-order valence-corrected chi connectivity index (χ0v) is 31.6. The van der Waals surface area contributed by atoms with Gasteiger partial charge in [0.15, 0.2) is 6.10 Å². The molecule has 0 saturated heterocycles. The second-order valence-corrected chi connectivity index (χ2v) is 14.3. The third kappa shape index (κ3) is 28.0. The van der Waals surface area contributed by atoms with E-state index in [0.717, 1.165) is 57.8 Å². The number of hydrogen-bond acceptors (Lipinski definition) is 9. The second-order valence-electron chi connectivity index (χ2n) is 12.5. The zero-order chi connectivity index (χ0) is 35.6. The molecule has 0 radical (unpaired) electrons. The van der Waals surface area contributed by atoms with E-state index in [4.69, 9.17) is 28.6 Å². The Morgan fingerprint density at radius 1 is 0.667 bits per heavy atom. The Hall–Kier alpha value is -1.90. The number of azide groups is 1. The molecule has 0 aromatic rings. The van der Waals surface area contributed by atoms with Gasteiger partial charge in [0.2, 0.25) is 0 Å². The van der Waals surface area contributed by atoms with Crippen molar-refractivity contribution in [3.05, 3.63) is 22.6 Å². The molecule has 0 unspecified atom stereocenters. The SMILES string of the molecule is CC/C=C\CCCCCCCC(=O)O[C@@H](COP(=O)(OC)OC)[C@H](CN=[N+]=[N-])OC(=O)CCCCCCCCCCCCCCCCC. The summed E-state index contributed by atoms with van der Waals surface area (Å²) in [5.41, 5.74) is 8.94. The van der Waals surface area contributed by atoms with Crippen molar-refractivity contribution in [2.45, 2.75) is 180 Å². The molecule has 0 spiro atoms. The maximum absolute atomic E-state index is 12.8. The number of rotatable bonds is 35. The normalized spacial score (nSPS) is 12.9. The Morgan fingerprint density at radius 2 is 1.10 bits per heavy atom. The number of nitrogens with zero attached hydrogens (tertiary/aromatic N) is 3. The molecule has 0 aliphatic carbocycles. The Bertz CT molecular complexity index is 906. The molecule has 0 aliphatic heterocycles. The van der Waals surface area contributed by atoms with E-state index in [1.165, 1.54) is 84.8 Å².